The van der Waals surface area contributed by atoms with Crippen LogP contribution < -0.4 is 5.32 Å². The zero-order valence-corrected chi connectivity index (χ0v) is 18.2. The standard InChI is InChI=1S/C26H43N/c1-21(2)24(20-23-14-10-9-11-15-23)25-22(3)26(18-19-27-25)16-12-7-5-4-6-8-13-17-26/h9-11,14-15,21-22,24-25,27H,4-8,12-13,16-20H2,1-3H3. The van der Waals surface area contributed by atoms with E-state index in [1.165, 1.54) is 82.7 Å². The lowest BCUT2D eigenvalue weighted by atomic mass is 9.59. The normalized spacial score (nSPS) is 28.1. The first-order chi connectivity index (χ1) is 13.1. The Balaban J connectivity index is 1.76. The van der Waals surface area contributed by atoms with Crippen molar-refractivity contribution in [2.45, 2.75) is 97.4 Å². The average Bonchev–Trinajstić information content (AvgIpc) is 2.68. The molecule has 1 N–H and O–H groups in total. The molecule has 1 aromatic rings. The van der Waals surface area contributed by atoms with Gasteiger partial charge in [-0.3, -0.25) is 0 Å². The van der Waals surface area contributed by atoms with E-state index < -0.39 is 0 Å². The van der Waals surface area contributed by atoms with Crippen LogP contribution in [0, 0.1) is 23.2 Å². The smallest absolute Gasteiger partial charge is 0.0132 e. The van der Waals surface area contributed by atoms with Gasteiger partial charge in [-0.1, -0.05) is 96.0 Å². The highest BCUT2D eigenvalue weighted by Crippen LogP contribution is 2.48. The van der Waals surface area contributed by atoms with Gasteiger partial charge in [0.25, 0.3) is 0 Å². The van der Waals surface area contributed by atoms with Crippen LogP contribution >= 0.6 is 0 Å². The Labute approximate surface area is 168 Å². The lowest BCUT2D eigenvalue weighted by Crippen LogP contribution is -2.55. The molecule has 1 aromatic carbocycles. The second-order valence-corrected chi connectivity index (χ2v) is 9.95. The second kappa shape index (κ2) is 10.1. The molecular formula is C26H43N. The van der Waals surface area contributed by atoms with Gasteiger partial charge in [0.2, 0.25) is 0 Å². The molecule has 1 heteroatoms. The molecule has 1 nitrogen and oxygen atoms in total. The molecule has 3 rings (SSSR count). The van der Waals surface area contributed by atoms with Gasteiger partial charge in [-0.05, 0) is 61.0 Å². The van der Waals surface area contributed by atoms with E-state index in [4.69, 9.17) is 0 Å². The van der Waals surface area contributed by atoms with Crippen molar-refractivity contribution in [1.82, 2.24) is 5.32 Å². The fourth-order valence-electron chi connectivity index (χ4n) is 6.13. The molecule has 0 bridgehead atoms. The third kappa shape index (κ3) is 5.37. The van der Waals surface area contributed by atoms with E-state index in [1.807, 2.05) is 0 Å². The fourth-order valence-corrected chi connectivity index (χ4v) is 6.13. The van der Waals surface area contributed by atoms with E-state index in [2.05, 4.69) is 56.4 Å². The molecule has 1 aliphatic heterocycles. The Morgan fingerprint density at radius 3 is 2.07 bits per heavy atom. The number of piperidine rings is 1. The molecule has 1 saturated heterocycles. The maximum Gasteiger partial charge on any atom is 0.0132 e. The van der Waals surface area contributed by atoms with E-state index in [0.717, 1.165) is 17.8 Å². The molecule has 0 amide bonds. The largest absolute Gasteiger partial charge is 0.313 e. The van der Waals surface area contributed by atoms with Crippen LogP contribution in [0.2, 0.25) is 0 Å². The first-order valence-corrected chi connectivity index (χ1v) is 11.9. The molecule has 27 heavy (non-hydrogen) atoms. The molecule has 2 fully saturated rings. The number of benzene rings is 1. The lowest BCUT2D eigenvalue weighted by Gasteiger charge is -2.51. The third-order valence-corrected chi connectivity index (χ3v) is 7.99. The zero-order chi connectivity index (χ0) is 19.1. The quantitative estimate of drug-likeness (QED) is 0.602. The van der Waals surface area contributed by atoms with Crippen molar-refractivity contribution in [3.05, 3.63) is 35.9 Å². The minimum Gasteiger partial charge on any atom is -0.313 e. The van der Waals surface area contributed by atoms with Gasteiger partial charge in [0, 0.05) is 6.04 Å². The van der Waals surface area contributed by atoms with Crippen molar-refractivity contribution in [1.29, 1.82) is 0 Å². The van der Waals surface area contributed by atoms with Crippen molar-refractivity contribution >= 4 is 0 Å². The van der Waals surface area contributed by atoms with Gasteiger partial charge in [-0.15, -0.1) is 0 Å². The van der Waals surface area contributed by atoms with Crippen molar-refractivity contribution in [2.75, 3.05) is 6.54 Å². The summed E-state index contributed by atoms with van der Waals surface area (Å²) in [7, 11) is 0. The molecule has 1 heterocycles. The summed E-state index contributed by atoms with van der Waals surface area (Å²) in [5.41, 5.74) is 2.10. The van der Waals surface area contributed by atoms with Gasteiger partial charge < -0.3 is 5.32 Å². The van der Waals surface area contributed by atoms with E-state index in [0.29, 0.717) is 11.5 Å². The minimum absolute atomic E-state index is 0.594. The predicted molar refractivity (Wildman–Crippen MR) is 118 cm³/mol. The zero-order valence-electron chi connectivity index (χ0n) is 18.2. The first kappa shape index (κ1) is 20.9. The maximum absolute atomic E-state index is 4.01. The van der Waals surface area contributed by atoms with Gasteiger partial charge in [0.15, 0.2) is 0 Å². The third-order valence-electron chi connectivity index (χ3n) is 7.99. The van der Waals surface area contributed by atoms with Crippen LogP contribution in [0.4, 0.5) is 0 Å². The highest BCUT2D eigenvalue weighted by atomic mass is 15.0. The molecule has 1 saturated carbocycles. The minimum atomic E-state index is 0.594. The molecule has 0 radical (unpaired) electrons. The van der Waals surface area contributed by atoms with Crippen LogP contribution in [0.15, 0.2) is 30.3 Å². The summed E-state index contributed by atoms with van der Waals surface area (Å²) in [6.45, 7) is 8.71. The Bertz CT molecular complexity index is 524. The van der Waals surface area contributed by atoms with Gasteiger partial charge in [0.05, 0.1) is 0 Å². The van der Waals surface area contributed by atoms with Gasteiger partial charge >= 0.3 is 0 Å². The fraction of sp³-hybridized carbons (Fsp3) is 0.769. The Morgan fingerprint density at radius 1 is 0.889 bits per heavy atom. The molecule has 2 aliphatic rings. The summed E-state index contributed by atoms with van der Waals surface area (Å²) < 4.78 is 0. The average molecular weight is 370 g/mol. The Hall–Kier alpha value is -0.820. The van der Waals surface area contributed by atoms with Gasteiger partial charge in [-0.25, -0.2) is 0 Å². The molecule has 3 atom stereocenters. The van der Waals surface area contributed by atoms with Crippen LogP contribution in [-0.4, -0.2) is 12.6 Å². The van der Waals surface area contributed by atoms with Crippen molar-refractivity contribution in [2.24, 2.45) is 23.2 Å². The van der Waals surface area contributed by atoms with Crippen molar-refractivity contribution in [3.8, 4) is 0 Å². The predicted octanol–water partition coefficient (Wildman–Crippen LogP) is 7.01. The van der Waals surface area contributed by atoms with Crippen LogP contribution in [-0.2, 0) is 6.42 Å². The van der Waals surface area contributed by atoms with Crippen LogP contribution in [0.1, 0.15) is 90.5 Å². The number of nitrogens with one attached hydrogen (secondary N) is 1. The monoisotopic (exact) mass is 369 g/mol. The summed E-state index contributed by atoms with van der Waals surface area (Å²) in [5.74, 6) is 2.25. The van der Waals surface area contributed by atoms with E-state index in [1.54, 1.807) is 0 Å². The number of hydrogen-bond donors (Lipinski definition) is 1. The van der Waals surface area contributed by atoms with Crippen LogP contribution in [0.25, 0.3) is 0 Å². The Kier molecular flexibility index (Phi) is 7.82. The summed E-state index contributed by atoms with van der Waals surface area (Å²) in [6.07, 6.45) is 15.8. The highest BCUT2D eigenvalue weighted by Gasteiger charge is 2.44. The van der Waals surface area contributed by atoms with Crippen molar-refractivity contribution < 1.29 is 0 Å². The van der Waals surface area contributed by atoms with Crippen LogP contribution in [0.5, 0.6) is 0 Å². The second-order valence-electron chi connectivity index (χ2n) is 9.95. The molecular weight excluding hydrogens is 326 g/mol. The highest BCUT2D eigenvalue weighted by molar-refractivity contribution is 5.16. The van der Waals surface area contributed by atoms with Gasteiger partial charge in [-0.2, -0.15) is 0 Å². The summed E-state index contributed by atoms with van der Waals surface area (Å²) in [4.78, 5) is 0. The summed E-state index contributed by atoms with van der Waals surface area (Å²) in [6, 6.07) is 11.9. The topological polar surface area (TPSA) is 12.0 Å². The van der Waals surface area contributed by atoms with E-state index >= 15 is 0 Å². The van der Waals surface area contributed by atoms with E-state index in [9.17, 15) is 0 Å². The number of rotatable bonds is 4. The summed E-state index contributed by atoms with van der Waals surface area (Å²) >= 11 is 0. The van der Waals surface area contributed by atoms with E-state index in [-0.39, 0.29) is 0 Å². The molecule has 3 unspecified atom stereocenters. The number of hydrogen-bond acceptors (Lipinski definition) is 1. The summed E-state index contributed by atoms with van der Waals surface area (Å²) in [5, 5.41) is 4.01. The van der Waals surface area contributed by atoms with Crippen LogP contribution in [0.3, 0.4) is 0 Å². The molecule has 1 aliphatic carbocycles. The molecule has 1 spiro atoms. The van der Waals surface area contributed by atoms with Gasteiger partial charge in [0.1, 0.15) is 0 Å². The lowest BCUT2D eigenvalue weighted by molar-refractivity contribution is 0.0225. The molecule has 0 aromatic heterocycles. The maximum atomic E-state index is 4.01. The SMILES string of the molecule is CC(C)C(Cc1ccccc1)C1NCCC2(CCCCCCCCC2)C1C. The molecule has 152 valence electrons. The Morgan fingerprint density at radius 2 is 1.48 bits per heavy atom. The first-order valence-electron chi connectivity index (χ1n) is 11.9. The van der Waals surface area contributed by atoms with Crippen molar-refractivity contribution in [3.63, 3.8) is 0 Å².